The van der Waals surface area contributed by atoms with Gasteiger partial charge in [-0.05, 0) is 64.9 Å². The molecule has 1 atom stereocenters. The van der Waals surface area contributed by atoms with E-state index in [9.17, 15) is 14.4 Å². The summed E-state index contributed by atoms with van der Waals surface area (Å²) in [4.78, 5) is 41.5. The monoisotopic (exact) mass is 703 g/mol. The Morgan fingerprint density at radius 3 is 1.79 bits per heavy atom. The summed E-state index contributed by atoms with van der Waals surface area (Å²) in [5.41, 5.74) is 18.8. The average Bonchev–Trinajstić information content (AvgIpc) is 3.15. The van der Waals surface area contributed by atoms with E-state index in [4.69, 9.17) is 31.4 Å². The molecule has 52 heavy (non-hydrogen) atoms. The van der Waals surface area contributed by atoms with Crippen LogP contribution in [0, 0.1) is 0 Å². The quantitative estimate of drug-likeness (QED) is 0.0363. The summed E-state index contributed by atoms with van der Waals surface area (Å²) in [7, 11) is 0. The number of benzene rings is 5. The van der Waals surface area contributed by atoms with Gasteiger partial charge in [0.05, 0.1) is 13.2 Å². The van der Waals surface area contributed by atoms with Gasteiger partial charge in [-0.1, -0.05) is 91.0 Å². The highest BCUT2D eigenvalue weighted by atomic mass is 16.5. The smallest absolute Gasteiger partial charge is 0.328 e. The number of primary amides is 1. The molecule has 0 spiro atoms. The standard InChI is InChI=1S/C41H45N5O6/c42-36(47)18-9-25-50-34-22-20-29-13-4-6-15-31(29)38(34)39-32-16-7-5-14-30(32)21-23-35(39)51-26-10-19-37(48)46-33(17-8-24-45-41(43)44)40(49)52-27-28-11-2-1-3-12-28/h1-7,11-16,20-23,33H,8-10,17-19,24-27H2,(H2,42,47)(H,46,48)(H4,43,44,45)/t33-/m1/s1. The molecule has 11 nitrogen and oxygen atoms in total. The van der Waals surface area contributed by atoms with Gasteiger partial charge in [-0.3, -0.25) is 14.6 Å². The second kappa shape index (κ2) is 18.8. The number of carbonyl (C=O) groups is 3. The highest BCUT2D eigenvalue weighted by Crippen LogP contribution is 2.45. The lowest BCUT2D eigenvalue weighted by molar-refractivity contribution is -0.149. The van der Waals surface area contributed by atoms with Crippen LogP contribution in [0.1, 0.15) is 44.1 Å². The predicted octanol–water partition coefficient (Wildman–Crippen LogP) is 5.75. The number of aliphatic imine (C=N–C) groups is 1. The van der Waals surface area contributed by atoms with Crippen molar-refractivity contribution < 1.29 is 28.6 Å². The summed E-state index contributed by atoms with van der Waals surface area (Å²) in [6.45, 7) is 0.976. The fourth-order valence-corrected chi connectivity index (χ4v) is 5.95. The first-order valence-corrected chi connectivity index (χ1v) is 17.4. The van der Waals surface area contributed by atoms with Crippen molar-refractivity contribution in [1.29, 1.82) is 0 Å². The van der Waals surface area contributed by atoms with Crippen molar-refractivity contribution in [3.63, 3.8) is 0 Å². The van der Waals surface area contributed by atoms with Crippen LogP contribution in [0.2, 0.25) is 0 Å². The van der Waals surface area contributed by atoms with Crippen LogP contribution in [0.5, 0.6) is 11.5 Å². The van der Waals surface area contributed by atoms with E-state index in [1.165, 1.54) is 0 Å². The number of nitrogens with zero attached hydrogens (tertiary/aromatic N) is 1. The molecule has 7 N–H and O–H groups in total. The zero-order chi connectivity index (χ0) is 36.7. The van der Waals surface area contributed by atoms with Crippen molar-refractivity contribution in [3.05, 3.63) is 109 Å². The average molecular weight is 704 g/mol. The maximum atomic E-state index is 13.1. The van der Waals surface area contributed by atoms with Crippen LogP contribution in [-0.4, -0.2) is 49.5 Å². The summed E-state index contributed by atoms with van der Waals surface area (Å²) in [5.74, 6) is 0.0647. The lowest BCUT2D eigenvalue weighted by Crippen LogP contribution is -2.42. The van der Waals surface area contributed by atoms with Crippen LogP contribution in [0.4, 0.5) is 0 Å². The molecule has 0 unspecified atom stereocenters. The van der Waals surface area contributed by atoms with Gasteiger partial charge in [0.2, 0.25) is 11.8 Å². The Morgan fingerprint density at radius 1 is 0.654 bits per heavy atom. The SMILES string of the molecule is NC(=O)CCCOc1ccc2ccccc2c1-c1c(OCCCC(=O)N[C@H](CCCN=C(N)N)C(=O)OCc2ccccc2)ccc2ccccc12. The van der Waals surface area contributed by atoms with E-state index < -0.39 is 12.0 Å². The van der Waals surface area contributed by atoms with Gasteiger partial charge in [0.15, 0.2) is 5.96 Å². The van der Waals surface area contributed by atoms with Gasteiger partial charge in [0, 0.05) is 30.5 Å². The van der Waals surface area contributed by atoms with Crippen LogP contribution >= 0.6 is 0 Å². The zero-order valence-corrected chi connectivity index (χ0v) is 29.1. The molecule has 0 fully saturated rings. The Hall–Kier alpha value is -6.10. The van der Waals surface area contributed by atoms with Gasteiger partial charge in [-0.15, -0.1) is 0 Å². The van der Waals surface area contributed by atoms with Crippen molar-refractivity contribution in [1.82, 2.24) is 5.32 Å². The summed E-state index contributed by atoms with van der Waals surface area (Å²) in [6, 6.07) is 32.5. The highest BCUT2D eigenvalue weighted by Gasteiger charge is 2.23. The van der Waals surface area contributed by atoms with Crippen LogP contribution in [0.3, 0.4) is 0 Å². The molecule has 0 heterocycles. The molecule has 0 aliphatic heterocycles. The molecular weight excluding hydrogens is 658 g/mol. The molecule has 0 aliphatic carbocycles. The summed E-state index contributed by atoms with van der Waals surface area (Å²) >= 11 is 0. The molecular formula is C41H45N5O6. The Bertz CT molecular complexity index is 2010. The number of amides is 2. The van der Waals surface area contributed by atoms with E-state index >= 15 is 0 Å². The normalized spacial score (nSPS) is 11.5. The number of hydrogen-bond donors (Lipinski definition) is 4. The number of carbonyl (C=O) groups excluding carboxylic acids is 3. The van der Waals surface area contributed by atoms with Crippen molar-refractivity contribution in [3.8, 4) is 22.6 Å². The number of nitrogens with one attached hydrogen (secondary N) is 1. The molecule has 0 aliphatic rings. The van der Waals surface area contributed by atoms with Crippen LogP contribution in [0.25, 0.3) is 32.7 Å². The zero-order valence-electron chi connectivity index (χ0n) is 29.1. The Kier molecular flexibility index (Phi) is 13.4. The van der Waals surface area contributed by atoms with E-state index in [0.717, 1.165) is 38.2 Å². The van der Waals surface area contributed by atoms with Crippen molar-refractivity contribution >= 4 is 45.3 Å². The first kappa shape index (κ1) is 37.2. The first-order chi connectivity index (χ1) is 25.3. The van der Waals surface area contributed by atoms with Crippen molar-refractivity contribution in [2.24, 2.45) is 22.2 Å². The number of ether oxygens (including phenoxy) is 3. The molecule has 0 saturated carbocycles. The molecule has 5 rings (SSSR count). The van der Waals surface area contributed by atoms with Gasteiger partial charge < -0.3 is 36.7 Å². The van der Waals surface area contributed by atoms with E-state index in [-0.39, 0.29) is 43.8 Å². The predicted molar refractivity (Wildman–Crippen MR) is 204 cm³/mol. The molecule has 0 bridgehead atoms. The Morgan fingerprint density at radius 2 is 1.21 bits per heavy atom. The summed E-state index contributed by atoms with van der Waals surface area (Å²) in [6.07, 6.45) is 2.02. The molecule has 2 amide bonds. The lowest BCUT2D eigenvalue weighted by Gasteiger charge is -2.20. The van der Waals surface area contributed by atoms with Gasteiger partial charge in [-0.25, -0.2) is 4.79 Å². The third-order valence-corrected chi connectivity index (χ3v) is 8.45. The van der Waals surface area contributed by atoms with Crippen molar-refractivity contribution in [2.75, 3.05) is 19.8 Å². The molecule has 0 saturated heterocycles. The van der Waals surface area contributed by atoms with Gasteiger partial charge in [-0.2, -0.15) is 0 Å². The van der Waals surface area contributed by atoms with Crippen LogP contribution < -0.4 is 32.0 Å². The summed E-state index contributed by atoms with van der Waals surface area (Å²) in [5, 5.41) is 6.87. The van der Waals surface area contributed by atoms with Gasteiger partial charge in [0.25, 0.3) is 0 Å². The largest absolute Gasteiger partial charge is 0.493 e. The Balaban J connectivity index is 1.30. The maximum absolute atomic E-state index is 13.1. The topological polar surface area (TPSA) is 181 Å². The van der Waals surface area contributed by atoms with E-state index in [1.54, 1.807) is 0 Å². The lowest BCUT2D eigenvalue weighted by atomic mass is 9.92. The molecule has 0 aromatic heterocycles. The fourth-order valence-electron chi connectivity index (χ4n) is 5.95. The fraction of sp³-hybridized carbons (Fsp3) is 0.268. The first-order valence-electron chi connectivity index (χ1n) is 17.4. The van der Waals surface area contributed by atoms with E-state index in [2.05, 4.69) is 16.4 Å². The van der Waals surface area contributed by atoms with Crippen molar-refractivity contribution in [2.45, 2.75) is 51.2 Å². The molecule has 0 radical (unpaired) electrons. The molecule has 270 valence electrons. The van der Waals surface area contributed by atoms with E-state index in [0.29, 0.717) is 50.3 Å². The highest BCUT2D eigenvalue weighted by molar-refractivity contribution is 6.09. The summed E-state index contributed by atoms with van der Waals surface area (Å²) < 4.78 is 18.2. The third kappa shape index (κ3) is 10.5. The number of hydrogen-bond acceptors (Lipinski definition) is 7. The third-order valence-electron chi connectivity index (χ3n) is 8.45. The number of esters is 1. The minimum Gasteiger partial charge on any atom is -0.493 e. The minimum absolute atomic E-state index is 0.0359. The van der Waals surface area contributed by atoms with Gasteiger partial charge >= 0.3 is 5.97 Å². The van der Waals surface area contributed by atoms with Crippen LogP contribution in [0.15, 0.2) is 108 Å². The van der Waals surface area contributed by atoms with E-state index in [1.807, 2.05) is 97.1 Å². The van der Waals surface area contributed by atoms with Gasteiger partial charge in [0.1, 0.15) is 24.1 Å². The number of guanidine groups is 1. The number of rotatable bonds is 19. The molecule has 11 heteroatoms. The Labute approximate surface area is 303 Å². The maximum Gasteiger partial charge on any atom is 0.328 e. The second-order valence-corrected chi connectivity index (χ2v) is 12.4. The van der Waals surface area contributed by atoms with Crippen LogP contribution in [-0.2, 0) is 25.7 Å². The number of nitrogens with two attached hydrogens (primary N) is 3. The molecule has 5 aromatic carbocycles. The second-order valence-electron chi connectivity index (χ2n) is 12.4. The number of fused-ring (bicyclic) bond motifs is 2. The minimum atomic E-state index is -0.855. The molecule has 5 aromatic rings.